The van der Waals surface area contributed by atoms with Gasteiger partial charge in [-0.1, -0.05) is 98.4 Å². The maximum atomic E-state index is 13.5. The van der Waals surface area contributed by atoms with Crippen molar-refractivity contribution < 1.29 is 47.0 Å². The molecule has 0 aromatic carbocycles. The number of aromatic nitrogens is 2. The molecule has 0 aliphatic carbocycles. The van der Waals surface area contributed by atoms with E-state index in [1.54, 1.807) is 86.8 Å². The van der Waals surface area contributed by atoms with Gasteiger partial charge in [-0.05, 0) is 52.9 Å². The van der Waals surface area contributed by atoms with Crippen molar-refractivity contribution in [3.05, 3.63) is 120 Å². The monoisotopic (exact) mass is 770 g/mol. The van der Waals surface area contributed by atoms with E-state index < -0.39 is 46.9 Å². The highest BCUT2D eigenvalue weighted by atomic mass is 16.6. The summed E-state index contributed by atoms with van der Waals surface area (Å²) in [6.07, 6.45) is 27.5. The number of rotatable bonds is 9. The topological polar surface area (TPSA) is 157 Å². The molecule has 1 aliphatic rings. The Bertz CT molecular complexity index is 1900. The molecule has 0 saturated carbocycles. The van der Waals surface area contributed by atoms with Crippen molar-refractivity contribution in [2.75, 3.05) is 14.2 Å². The molecule has 3 rings (SSSR count). The van der Waals surface area contributed by atoms with Gasteiger partial charge in [0.2, 0.25) is 11.8 Å². The fraction of sp³-hybridized carbons (Fsp3) is 0.409. The summed E-state index contributed by atoms with van der Waals surface area (Å²) >= 11 is 0. The predicted molar refractivity (Wildman–Crippen MR) is 213 cm³/mol. The lowest BCUT2D eigenvalue weighted by Crippen LogP contribution is -2.48. The fourth-order valence-electron chi connectivity index (χ4n) is 6.40. The van der Waals surface area contributed by atoms with Crippen LogP contribution in [-0.2, 0) is 28.5 Å². The maximum absolute atomic E-state index is 13.5. The Morgan fingerprint density at radius 2 is 1.23 bits per heavy atom. The van der Waals surface area contributed by atoms with Gasteiger partial charge in [0.25, 0.3) is 0 Å². The molecular weight excluding hydrogens is 716 g/mol. The van der Waals surface area contributed by atoms with Gasteiger partial charge in [0.05, 0.1) is 14.2 Å². The average Bonchev–Trinajstić information content (AvgIpc) is 3.87. The SMILES string of the molecule is C/C=C/C(C)C(C)(C(=O)OC)C1C\C=C/C=C/C=C/c2nc(co2)C(=O)OC(C(C)(C(=O)OC)C(C=C(C)C)CC)C\C=C/C=C/C=C/c2nc(co2)C(=O)O1. The molecule has 0 N–H and O–H groups in total. The van der Waals surface area contributed by atoms with Gasteiger partial charge in [0, 0.05) is 25.0 Å². The largest absolute Gasteiger partial charge is 0.468 e. The summed E-state index contributed by atoms with van der Waals surface area (Å²) in [5.74, 6) is -2.92. The molecule has 1 aliphatic heterocycles. The summed E-state index contributed by atoms with van der Waals surface area (Å²) in [6.45, 7) is 13.0. The molecule has 6 atom stereocenters. The average molecular weight is 771 g/mol. The third kappa shape index (κ3) is 11.4. The molecule has 0 amide bonds. The number of hydrogen-bond donors (Lipinski definition) is 0. The molecule has 0 saturated heterocycles. The zero-order chi connectivity index (χ0) is 41.3. The highest BCUT2D eigenvalue weighted by molar-refractivity contribution is 5.88. The molecule has 4 bridgehead atoms. The van der Waals surface area contributed by atoms with Crippen molar-refractivity contribution >= 4 is 36.0 Å². The summed E-state index contributed by atoms with van der Waals surface area (Å²) < 4.78 is 33.5. The minimum Gasteiger partial charge on any atom is -0.468 e. The Morgan fingerprint density at radius 3 is 1.66 bits per heavy atom. The summed E-state index contributed by atoms with van der Waals surface area (Å²) in [5, 5.41) is 0. The smallest absolute Gasteiger partial charge is 0.360 e. The van der Waals surface area contributed by atoms with Crippen LogP contribution in [0.15, 0.2) is 106 Å². The van der Waals surface area contributed by atoms with Crippen LogP contribution in [-0.4, -0.2) is 60.3 Å². The summed E-state index contributed by atoms with van der Waals surface area (Å²) in [7, 11) is 2.61. The van der Waals surface area contributed by atoms with E-state index in [9.17, 15) is 19.2 Å². The molecule has 300 valence electrons. The zero-order valence-electron chi connectivity index (χ0n) is 33.7. The van der Waals surface area contributed by atoms with Crippen molar-refractivity contribution in [2.24, 2.45) is 22.7 Å². The van der Waals surface area contributed by atoms with Gasteiger partial charge in [-0.15, -0.1) is 0 Å². The van der Waals surface area contributed by atoms with Gasteiger partial charge in [-0.3, -0.25) is 9.59 Å². The summed E-state index contributed by atoms with van der Waals surface area (Å²) in [4.78, 5) is 62.2. The van der Waals surface area contributed by atoms with E-state index >= 15 is 0 Å². The van der Waals surface area contributed by atoms with E-state index in [1.165, 1.54) is 26.7 Å². The quantitative estimate of drug-likeness (QED) is 0.136. The van der Waals surface area contributed by atoms with E-state index in [2.05, 4.69) is 9.97 Å². The van der Waals surface area contributed by atoms with Crippen LogP contribution >= 0.6 is 0 Å². The lowest BCUT2D eigenvalue weighted by Gasteiger charge is -2.39. The van der Waals surface area contributed by atoms with E-state index in [0.29, 0.717) is 6.42 Å². The van der Waals surface area contributed by atoms with Gasteiger partial charge >= 0.3 is 23.9 Å². The second-order valence-corrected chi connectivity index (χ2v) is 13.9. The number of allylic oxidation sites excluding steroid dienone is 12. The van der Waals surface area contributed by atoms with Gasteiger partial charge < -0.3 is 27.8 Å². The van der Waals surface area contributed by atoms with Crippen LogP contribution in [0.3, 0.4) is 0 Å². The molecule has 12 heteroatoms. The van der Waals surface area contributed by atoms with Crippen molar-refractivity contribution in [1.29, 1.82) is 0 Å². The second-order valence-electron chi connectivity index (χ2n) is 13.9. The Balaban J connectivity index is 2.04. The third-order valence-electron chi connectivity index (χ3n) is 9.84. The van der Waals surface area contributed by atoms with Gasteiger partial charge in [-0.25, -0.2) is 19.6 Å². The molecular formula is C44H54N2O10. The summed E-state index contributed by atoms with van der Waals surface area (Å²) in [5.41, 5.74) is -1.62. The van der Waals surface area contributed by atoms with E-state index in [1.807, 2.05) is 52.8 Å². The van der Waals surface area contributed by atoms with Crippen molar-refractivity contribution in [2.45, 2.75) is 79.9 Å². The van der Waals surface area contributed by atoms with Crippen molar-refractivity contribution in [1.82, 2.24) is 9.97 Å². The van der Waals surface area contributed by atoms with Crippen molar-refractivity contribution in [3.63, 3.8) is 0 Å². The highest BCUT2D eigenvalue weighted by Crippen LogP contribution is 2.41. The van der Waals surface area contributed by atoms with Crippen LogP contribution in [0.4, 0.5) is 0 Å². The first-order valence-corrected chi connectivity index (χ1v) is 18.5. The Labute approximate surface area is 329 Å². The molecule has 6 unspecified atom stereocenters. The number of oxazole rings is 2. The molecule has 0 radical (unpaired) electrons. The Morgan fingerprint density at radius 1 is 0.786 bits per heavy atom. The molecule has 12 nitrogen and oxygen atoms in total. The summed E-state index contributed by atoms with van der Waals surface area (Å²) in [6, 6.07) is 0. The lowest BCUT2D eigenvalue weighted by molar-refractivity contribution is -0.163. The first-order chi connectivity index (χ1) is 26.8. The van der Waals surface area contributed by atoms with Crippen molar-refractivity contribution in [3.8, 4) is 0 Å². The van der Waals surface area contributed by atoms with Crippen LogP contribution in [0.2, 0.25) is 0 Å². The van der Waals surface area contributed by atoms with Crippen LogP contribution in [0.25, 0.3) is 12.2 Å². The number of hydrogen-bond acceptors (Lipinski definition) is 12. The third-order valence-corrected chi connectivity index (χ3v) is 9.84. The zero-order valence-corrected chi connectivity index (χ0v) is 33.7. The number of ether oxygens (including phenoxy) is 4. The minimum atomic E-state index is -1.25. The van der Waals surface area contributed by atoms with E-state index in [0.717, 1.165) is 5.57 Å². The number of carbonyl (C=O) groups excluding carboxylic acids is 4. The predicted octanol–water partition coefficient (Wildman–Crippen LogP) is 9.02. The van der Waals surface area contributed by atoms with Crippen LogP contribution in [0, 0.1) is 22.7 Å². The number of cyclic esters (lactones) is 2. The Kier molecular flexibility index (Phi) is 17.0. The molecule has 0 fully saturated rings. The standard InChI is InChI=1S/C44H54N2O10/c1-10-22-31(5)43(6,41(49)51-8)35-23-18-14-12-16-20-26-38-46-34(29-54-38)40(48)56-36(44(7,42(50)52-9)32(11-2)27-30(3)4)24-19-15-13-17-21-25-37-45-33(28-53-37)39(47)55-35/h10,12-22,25-29,31-32,35-36H,11,23-24H2,1-9H3/b16-12+,17-13+,18-14-,19-15-,22-10+,25-21+,26-20+. The molecule has 56 heavy (non-hydrogen) atoms. The fourth-order valence-corrected chi connectivity index (χ4v) is 6.40. The van der Waals surface area contributed by atoms with Gasteiger partial charge in [-0.2, -0.15) is 0 Å². The minimum absolute atomic E-state index is 0.0625. The first kappa shape index (κ1) is 44.6. The normalized spacial score (nSPS) is 23.7. The van der Waals surface area contributed by atoms with Crippen LogP contribution in [0.5, 0.6) is 0 Å². The number of methoxy groups -OCH3 is 2. The van der Waals surface area contributed by atoms with Crippen LogP contribution < -0.4 is 0 Å². The second kappa shape index (κ2) is 21.3. The number of carbonyl (C=O) groups is 4. The number of nitrogens with zero attached hydrogens (tertiary/aromatic N) is 2. The Hall–Kier alpha value is -5.78. The first-order valence-electron chi connectivity index (χ1n) is 18.5. The highest BCUT2D eigenvalue weighted by Gasteiger charge is 2.50. The van der Waals surface area contributed by atoms with Gasteiger partial charge in [0.1, 0.15) is 35.6 Å². The number of esters is 4. The van der Waals surface area contributed by atoms with Gasteiger partial charge in [0.15, 0.2) is 11.4 Å². The maximum Gasteiger partial charge on any atom is 0.360 e. The molecule has 0 spiro atoms. The van der Waals surface area contributed by atoms with E-state index in [4.69, 9.17) is 27.8 Å². The molecule has 2 aromatic heterocycles. The van der Waals surface area contributed by atoms with Crippen LogP contribution in [0.1, 0.15) is 100 Å². The molecule has 2 aromatic rings. The molecule has 3 heterocycles. The van der Waals surface area contributed by atoms with E-state index in [-0.39, 0.29) is 47.8 Å². The lowest BCUT2D eigenvalue weighted by atomic mass is 9.69. The number of fused-ring (bicyclic) bond motifs is 4.